The molecule has 0 aromatic heterocycles. The Labute approximate surface area is 251 Å². The maximum absolute atomic E-state index is 13.9. The van der Waals surface area contributed by atoms with Gasteiger partial charge >= 0.3 is 0 Å². The van der Waals surface area contributed by atoms with Gasteiger partial charge in [-0.05, 0) is 111 Å². The fourth-order valence-electron chi connectivity index (χ4n) is 12.0. The number of nitrogens with zero attached hydrogens (tertiary/aromatic N) is 1. The summed E-state index contributed by atoms with van der Waals surface area (Å²) in [5.74, 6) is 5.90. The van der Waals surface area contributed by atoms with E-state index >= 15 is 0 Å². The number of hydrogen-bond donors (Lipinski definition) is 4. The van der Waals surface area contributed by atoms with E-state index in [0.29, 0.717) is 41.9 Å². The van der Waals surface area contributed by atoms with Crippen molar-refractivity contribution in [1.29, 1.82) is 0 Å². The molecule has 238 valence electrons. The first-order valence-electron chi connectivity index (χ1n) is 17.2. The zero-order valence-corrected chi connectivity index (χ0v) is 26.1. The van der Waals surface area contributed by atoms with Crippen molar-refractivity contribution in [2.24, 2.45) is 58.7 Å². The van der Waals surface area contributed by atoms with Crippen LogP contribution in [0.3, 0.4) is 0 Å². The summed E-state index contributed by atoms with van der Waals surface area (Å²) in [5, 5.41) is 40.5. The number of aliphatic hydroxyl groups excluding tert-OH is 4. The summed E-state index contributed by atoms with van der Waals surface area (Å²) in [7, 11) is 0. The highest BCUT2D eigenvalue weighted by molar-refractivity contribution is 5.83. The summed E-state index contributed by atoms with van der Waals surface area (Å²) in [5.41, 5.74) is 0.314. The lowest BCUT2D eigenvalue weighted by Crippen LogP contribution is -2.65. The van der Waals surface area contributed by atoms with E-state index in [2.05, 4.69) is 32.6 Å². The van der Waals surface area contributed by atoms with Gasteiger partial charge in [0.25, 0.3) is 0 Å². The first kappa shape index (κ1) is 30.1. The van der Waals surface area contributed by atoms with Crippen LogP contribution >= 0.6 is 0 Å². The molecule has 4 N–H and O–H groups in total. The Balaban J connectivity index is 1.07. The summed E-state index contributed by atoms with van der Waals surface area (Å²) in [6.07, 6.45) is 2.93. The van der Waals surface area contributed by atoms with Gasteiger partial charge in [-0.1, -0.05) is 20.8 Å². The first-order valence-corrected chi connectivity index (χ1v) is 17.2. The van der Waals surface area contributed by atoms with E-state index < -0.39 is 37.3 Å². The topological polar surface area (TPSA) is 120 Å². The van der Waals surface area contributed by atoms with Crippen molar-refractivity contribution in [2.45, 2.75) is 128 Å². The van der Waals surface area contributed by atoms with Crippen LogP contribution in [-0.4, -0.2) is 93.2 Å². The van der Waals surface area contributed by atoms with Gasteiger partial charge in [0.05, 0.1) is 12.7 Å². The Kier molecular flexibility index (Phi) is 7.69. The average Bonchev–Trinajstić information content (AvgIpc) is 3.35. The summed E-state index contributed by atoms with van der Waals surface area (Å²) in [4.78, 5) is 16.8. The van der Waals surface area contributed by atoms with Crippen molar-refractivity contribution in [1.82, 2.24) is 4.90 Å². The van der Waals surface area contributed by atoms with Gasteiger partial charge in [-0.15, -0.1) is 0 Å². The van der Waals surface area contributed by atoms with Crippen molar-refractivity contribution in [3.8, 4) is 0 Å². The highest BCUT2D eigenvalue weighted by Crippen LogP contribution is 2.67. The third kappa shape index (κ3) is 4.44. The minimum absolute atomic E-state index is 0.0312. The minimum atomic E-state index is -1.45. The van der Waals surface area contributed by atoms with Gasteiger partial charge in [0, 0.05) is 31.0 Å². The quantitative estimate of drug-likeness (QED) is 0.371. The van der Waals surface area contributed by atoms with E-state index in [0.717, 1.165) is 42.4 Å². The van der Waals surface area contributed by atoms with Crippen LogP contribution in [0.15, 0.2) is 0 Å². The molecule has 7 aliphatic rings. The number of fused-ring (bicyclic) bond motifs is 8. The number of carbonyl (C=O) groups is 1. The highest BCUT2D eigenvalue weighted by Gasteiger charge is 2.64. The SMILES string of the molecule is C[C@H]1CC[C@@]2(C)[C@H](C)[C@@H]3CC[C@@H]4[C@@H](C[C@H]5[C@H]4CC(=O)[C@H]4C[C@@H](O[C@@H]6O[C@H](CO)[C@@H](O)[C@H](O)[C@H]6O)CC[C@@]45C)[C@@H]3CN2C1. The molecule has 7 fully saturated rings. The van der Waals surface area contributed by atoms with Crippen LogP contribution in [0, 0.1) is 58.7 Å². The van der Waals surface area contributed by atoms with E-state index in [4.69, 9.17) is 9.47 Å². The maximum Gasteiger partial charge on any atom is 0.186 e. The van der Waals surface area contributed by atoms with Crippen LogP contribution in [0.4, 0.5) is 0 Å². The smallest absolute Gasteiger partial charge is 0.186 e. The Morgan fingerprint density at radius 1 is 0.881 bits per heavy atom. The Hall–Kier alpha value is -0.610. The van der Waals surface area contributed by atoms with Gasteiger partial charge < -0.3 is 29.9 Å². The van der Waals surface area contributed by atoms with Crippen molar-refractivity contribution >= 4 is 5.78 Å². The number of ketones is 1. The third-order valence-corrected chi connectivity index (χ3v) is 14.7. The molecule has 4 saturated carbocycles. The molecule has 7 rings (SSSR count). The molecule has 4 aliphatic carbocycles. The van der Waals surface area contributed by atoms with Crippen LogP contribution in [-0.2, 0) is 14.3 Å². The van der Waals surface area contributed by atoms with Gasteiger partial charge in [0.1, 0.15) is 30.2 Å². The van der Waals surface area contributed by atoms with Crippen LogP contribution in [0.1, 0.15) is 85.5 Å². The molecule has 0 radical (unpaired) electrons. The second-order valence-corrected chi connectivity index (χ2v) is 16.4. The second kappa shape index (κ2) is 10.7. The summed E-state index contributed by atoms with van der Waals surface area (Å²) >= 11 is 0. The van der Waals surface area contributed by atoms with Crippen molar-refractivity contribution in [3.05, 3.63) is 0 Å². The van der Waals surface area contributed by atoms with E-state index in [1.54, 1.807) is 0 Å². The monoisotopic (exact) mass is 589 g/mol. The predicted molar refractivity (Wildman–Crippen MR) is 156 cm³/mol. The molecular formula is C34H55NO7. The number of ether oxygens (including phenoxy) is 2. The number of rotatable bonds is 3. The molecule has 0 bridgehead atoms. The molecule has 8 nitrogen and oxygen atoms in total. The number of aliphatic hydroxyl groups is 4. The normalized spacial score (nSPS) is 57.9. The molecule has 8 heteroatoms. The Morgan fingerprint density at radius 2 is 1.64 bits per heavy atom. The standard InChI is InChI=1S/C34H55NO7/c1-17-7-10-34(4)18(2)20-5-6-21-22(24(20)15-35(34)14-17)12-25-23(21)13-27(37)26-11-19(8-9-33(25,26)3)41-32-31(40)30(39)29(38)28(16-36)42-32/h17-26,28-32,36,38-40H,5-16H2,1-4H3/t17-,18+,19-,20-,21+,22+,23-,24+,25-,26+,28+,29+,30-,31+,32+,33+,34-/m0/s1. The number of Topliss-reactive ketones (excluding diaryl/α,β-unsaturated/α-hetero) is 1. The van der Waals surface area contributed by atoms with Gasteiger partial charge in [-0.3, -0.25) is 9.69 Å². The molecular weight excluding hydrogens is 534 g/mol. The van der Waals surface area contributed by atoms with Crippen LogP contribution in [0.25, 0.3) is 0 Å². The van der Waals surface area contributed by atoms with E-state index in [1.807, 2.05) is 0 Å². The Morgan fingerprint density at radius 3 is 2.40 bits per heavy atom. The molecule has 17 atom stereocenters. The van der Waals surface area contributed by atoms with Gasteiger partial charge in [0.15, 0.2) is 6.29 Å². The molecule has 3 saturated heterocycles. The summed E-state index contributed by atoms with van der Waals surface area (Å²) in [6.45, 7) is 11.9. The Bertz CT molecular complexity index is 1040. The van der Waals surface area contributed by atoms with Crippen LogP contribution in [0.2, 0.25) is 0 Å². The van der Waals surface area contributed by atoms with E-state index in [9.17, 15) is 25.2 Å². The average molecular weight is 590 g/mol. The lowest BCUT2D eigenvalue weighted by Gasteiger charge is -2.61. The zero-order valence-electron chi connectivity index (χ0n) is 26.1. The molecule has 3 aliphatic heterocycles. The summed E-state index contributed by atoms with van der Waals surface area (Å²) in [6, 6.07) is 0. The largest absolute Gasteiger partial charge is 0.394 e. The summed E-state index contributed by atoms with van der Waals surface area (Å²) < 4.78 is 11.8. The predicted octanol–water partition coefficient (Wildman–Crippen LogP) is 2.99. The molecule has 0 unspecified atom stereocenters. The highest BCUT2D eigenvalue weighted by atomic mass is 16.7. The fourth-order valence-corrected chi connectivity index (χ4v) is 12.0. The van der Waals surface area contributed by atoms with Crippen molar-refractivity contribution < 1.29 is 34.7 Å². The lowest BCUT2D eigenvalue weighted by molar-refractivity contribution is -0.315. The first-order chi connectivity index (χ1) is 20.0. The van der Waals surface area contributed by atoms with E-state index in [-0.39, 0.29) is 17.4 Å². The fraction of sp³-hybridized carbons (Fsp3) is 0.971. The number of piperidine rings is 2. The lowest BCUT2D eigenvalue weighted by atomic mass is 9.51. The van der Waals surface area contributed by atoms with Crippen LogP contribution in [0.5, 0.6) is 0 Å². The third-order valence-electron chi connectivity index (χ3n) is 14.7. The number of carbonyl (C=O) groups excluding carboxylic acids is 1. The minimum Gasteiger partial charge on any atom is -0.394 e. The van der Waals surface area contributed by atoms with Crippen LogP contribution < -0.4 is 0 Å². The van der Waals surface area contributed by atoms with Crippen molar-refractivity contribution in [3.63, 3.8) is 0 Å². The van der Waals surface area contributed by atoms with Crippen molar-refractivity contribution in [2.75, 3.05) is 19.7 Å². The molecule has 0 spiro atoms. The second-order valence-electron chi connectivity index (χ2n) is 16.4. The zero-order chi connectivity index (χ0) is 29.7. The van der Waals surface area contributed by atoms with Gasteiger partial charge in [-0.25, -0.2) is 0 Å². The molecule has 0 aromatic rings. The molecule has 0 aromatic carbocycles. The molecule has 0 amide bonds. The van der Waals surface area contributed by atoms with Gasteiger partial charge in [-0.2, -0.15) is 0 Å². The molecule has 3 heterocycles. The molecule has 42 heavy (non-hydrogen) atoms. The van der Waals surface area contributed by atoms with E-state index in [1.165, 1.54) is 45.2 Å². The maximum atomic E-state index is 13.9. The van der Waals surface area contributed by atoms with Gasteiger partial charge in [0.2, 0.25) is 0 Å². The number of hydrogen-bond acceptors (Lipinski definition) is 8.